The third kappa shape index (κ3) is 4.62. The van der Waals surface area contributed by atoms with E-state index in [0.717, 1.165) is 39.0 Å². The first-order valence-corrected chi connectivity index (χ1v) is 17.4. The summed E-state index contributed by atoms with van der Waals surface area (Å²) in [7, 11) is 0. The zero-order chi connectivity index (χ0) is 32.3. The highest BCUT2D eigenvalue weighted by molar-refractivity contribution is 7.26. The number of fused-ring (bicyclic) bond motifs is 8. The molecule has 0 spiro atoms. The van der Waals surface area contributed by atoms with Gasteiger partial charge in [-0.05, 0) is 82.1 Å². The van der Waals surface area contributed by atoms with E-state index in [-0.39, 0.29) is 0 Å². The molecule has 0 aliphatic rings. The van der Waals surface area contributed by atoms with Crippen LogP contribution in [0, 0.1) is 0 Å². The lowest BCUT2D eigenvalue weighted by atomic mass is 9.98. The summed E-state index contributed by atoms with van der Waals surface area (Å²) in [6.07, 6.45) is 0. The summed E-state index contributed by atoms with van der Waals surface area (Å²) < 4.78 is 9.06. The van der Waals surface area contributed by atoms with Crippen molar-refractivity contribution in [2.75, 3.05) is 4.90 Å². The van der Waals surface area contributed by atoms with Gasteiger partial charge in [-0.1, -0.05) is 121 Å². The minimum Gasteiger partial charge on any atom is -0.455 e. The van der Waals surface area contributed by atoms with Crippen molar-refractivity contribution < 1.29 is 4.42 Å². The van der Waals surface area contributed by atoms with Gasteiger partial charge >= 0.3 is 0 Å². The Bertz CT molecular complexity index is 2810. The fourth-order valence-electron chi connectivity index (χ4n) is 7.27. The second kappa shape index (κ2) is 11.2. The van der Waals surface area contributed by atoms with E-state index >= 15 is 0 Å². The van der Waals surface area contributed by atoms with Crippen molar-refractivity contribution in [3.05, 3.63) is 176 Å². The fourth-order valence-corrected chi connectivity index (χ4v) is 8.50. The average Bonchev–Trinajstić information content (AvgIpc) is 3.74. The van der Waals surface area contributed by atoms with Gasteiger partial charge in [-0.2, -0.15) is 0 Å². The molecule has 3 heteroatoms. The van der Waals surface area contributed by atoms with Crippen LogP contribution in [0.1, 0.15) is 0 Å². The lowest BCUT2D eigenvalue weighted by Gasteiger charge is -2.26. The SMILES string of the molecule is c1ccc(-c2ccc(N(c3ccc(-c4cc5c6ccccc6oc5c5c4sc4ccccc45)cc3)c3ccc4ccccc4c3)cc2)cc1. The van der Waals surface area contributed by atoms with Crippen LogP contribution >= 0.6 is 11.3 Å². The van der Waals surface area contributed by atoms with Crippen molar-refractivity contribution >= 4 is 81.3 Å². The molecule has 0 unspecified atom stereocenters. The molecule has 10 rings (SSSR count). The molecule has 0 bridgehead atoms. The molecule has 2 heterocycles. The number of thiophene rings is 1. The Morgan fingerprint density at radius 3 is 1.84 bits per heavy atom. The smallest absolute Gasteiger partial charge is 0.144 e. The molecular weight excluding hydrogens is 615 g/mol. The van der Waals surface area contributed by atoms with Crippen molar-refractivity contribution in [1.82, 2.24) is 0 Å². The molecule has 0 aliphatic heterocycles. The topological polar surface area (TPSA) is 16.4 Å². The van der Waals surface area contributed by atoms with Crippen LogP contribution in [0.2, 0.25) is 0 Å². The highest BCUT2D eigenvalue weighted by atomic mass is 32.1. The fraction of sp³-hybridized carbons (Fsp3) is 0. The number of rotatable bonds is 5. The predicted molar refractivity (Wildman–Crippen MR) is 210 cm³/mol. The maximum absolute atomic E-state index is 6.54. The molecule has 230 valence electrons. The van der Waals surface area contributed by atoms with Crippen LogP contribution < -0.4 is 4.90 Å². The van der Waals surface area contributed by atoms with Crippen molar-refractivity contribution in [2.24, 2.45) is 0 Å². The molecule has 2 nitrogen and oxygen atoms in total. The van der Waals surface area contributed by atoms with Crippen LogP contribution in [-0.4, -0.2) is 0 Å². The van der Waals surface area contributed by atoms with Gasteiger partial charge in [-0.15, -0.1) is 11.3 Å². The highest BCUT2D eigenvalue weighted by Gasteiger charge is 2.20. The van der Waals surface area contributed by atoms with E-state index in [1.54, 1.807) is 0 Å². The van der Waals surface area contributed by atoms with E-state index < -0.39 is 0 Å². The van der Waals surface area contributed by atoms with E-state index in [1.807, 2.05) is 17.4 Å². The molecule has 10 aromatic rings. The molecule has 0 amide bonds. The Morgan fingerprint density at radius 2 is 1.04 bits per heavy atom. The molecule has 0 aliphatic carbocycles. The Balaban J connectivity index is 1.14. The summed E-state index contributed by atoms with van der Waals surface area (Å²) in [4.78, 5) is 2.35. The van der Waals surface area contributed by atoms with Gasteiger partial charge in [0.15, 0.2) is 0 Å². The van der Waals surface area contributed by atoms with E-state index in [9.17, 15) is 0 Å². The molecule has 2 aromatic heterocycles. The third-order valence-electron chi connectivity index (χ3n) is 9.65. The first kappa shape index (κ1) is 27.9. The van der Waals surface area contributed by atoms with Gasteiger partial charge in [-0.25, -0.2) is 0 Å². The minimum absolute atomic E-state index is 0.922. The molecule has 0 atom stereocenters. The summed E-state index contributed by atoms with van der Waals surface area (Å²) in [5.74, 6) is 0. The number of anilines is 3. The van der Waals surface area contributed by atoms with Gasteiger partial charge in [0.25, 0.3) is 0 Å². The first-order valence-electron chi connectivity index (χ1n) is 16.6. The molecule has 0 radical (unpaired) electrons. The normalized spacial score (nSPS) is 11.7. The number of benzene rings is 8. The maximum atomic E-state index is 6.54. The van der Waals surface area contributed by atoms with Gasteiger partial charge in [0.2, 0.25) is 0 Å². The summed E-state index contributed by atoms with van der Waals surface area (Å²) >= 11 is 1.84. The number of furan rings is 1. The molecule has 0 fully saturated rings. The van der Waals surface area contributed by atoms with Gasteiger partial charge in [-0.3, -0.25) is 0 Å². The second-order valence-electron chi connectivity index (χ2n) is 12.5. The van der Waals surface area contributed by atoms with Crippen molar-refractivity contribution in [3.63, 3.8) is 0 Å². The first-order chi connectivity index (χ1) is 24.3. The van der Waals surface area contributed by atoms with Crippen LogP contribution in [0.5, 0.6) is 0 Å². The van der Waals surface area contributed by atoms with E-state index in [1.165, 1.54) is 53.2 Å². The predicted octanol–water partition coefficient (Wildman–Crippen LogP) is 13.9. The lowest BCUT2D eigenvalue weighted by Crippen LogP contribution is -2.09. The van der Waals surface area contributed by atoms with Crippen molar-refractivity contribution in [3.8, 4) is 22.3 Å². The van der Waals surface area contributed by atoms with Crippen LogP contribution in [-0.2, 0) is 0 Å². The van der Waals surface area contributed by atoms with E-state index in [0.29, 0.717) is 0 Å². The molecule has 0 N–H and O–H groups in total. The zero-order valence-electron chi connectivity index (χ0n) is 26.5. The Labute approximate surface area is 287 Å². The molecule has 49 heavy (non-hydrogen) atoms. The molecular formula is C46H29NOS. The quantitative estimate of drug-likeness (QED) is 0.186. The molecule has 8 aromatic carbocycles. The Morgan fingerprint density at radius 1 is 0.429 bits per heavy atom. The van der Waals surface area contributed by atoms with Gasteiger partial charge in [0.1, 0.15) is 11.2 Å². The van der Waals surface area contributed by atoms with E-state index in [4.69, 9.17) is 4.42 Å². The summed E-state index contributed by atoms with van der Waals surface area (Å²) in [6, 6.07) is 63.2. The number of hydrogen-bond donors (Lipinski definition) is 0. The van der Waals surface area contributed by atoms with Crippen LogP contribution in [0.3, 0.4) is 0 Å². The maximum Gasteiger partial charge on any atom is 0.144 e. The number of nitrogens with zero attached hydrogens (tertiary/aromatic N) is 1. The van der Waals surface area contributed by atoms with Gasteiger partial charge in [0, 0.05) is 53.6 Å². The monoisotopic (exact) mass is 643 g/mol. The second-order valence-corrected chi connectivity index (χ2v) is 13.6. The van der Waals surface area contributed by atoms with Gasteiger partial charge in [0.05, 0.1) is 0 Å². The van der Waals surface area contributed by atoms with Crippen LogP contribution in [0.25, 0.3) is 75.1 Å². The Kier molecular flexibility index (Phi) is 6.39. The Hall–Kier alpha value is -6.16. The van der Waals surface area contributed by atoms with Crippen molar-refractivity contribution in [1.29, 1.82) is 0 Å². The van der Waals surface area contributed by atoms with Gasteiger partial charge < -0.3 is 9.32 Å². The van der Waals surface area contributed by atoms with Crippen LogP contribution in [0.4, 0.5) is 17.1 Å². The third-order valence-corrected chi connectivity index (χ3v) is 10.9. The molecule has 0 saturated carbocycles. The summed E-state index contributed by atoms with van der Waals surface area (Å²) in [6.45, 7) is 0. The molecule has 0 saturated heterocycles. The highest BCUT2D eigenvalue weighted by Crippen LogP contribution is 2.47. The summed E-state index contributed by atoms with van der Waals surface area (Å²) in [5, 5.41) is 7.19. The van der Waals surface area contributed by atoms with E-state index in [2.05, 4.69) is 175 Å². The zero-order valence-corrected chi connectivity index (χ0v) is 27.3. The largest absolute Gasteiger partial charge is 0.455 e. The number of hydrogen-bond acceptors (Lipinski definition) is 3. The average molecular weight is 644 g/mol. The number of para-hydroxylation sites is 1. The van der Waals surface area contributed by atoms with Crippen molar-refractivity contribution in [2.45, 2.75) is 0 Å². The minimum atomic E-state index is 0.922. The standard InChI is InChI=1S/C46H29NOS/c1-2-10-30(11-3-1)32-18-23-35(24-19-32)47(37-27-20-31-12-4-5-13-34(31)28-37)36-25-21-33(22-26-36)40-29-41-38-14-6-8-16-42(38)48-45(41)44-39-15-7-9-17-43(39)49-46(40)44/h1-29H. The van der Waals surface area contributed by atoms with Crippen LogP contribution in [0.15, 0.2) is 180 Å². The lowest BCUT2D eigenvalue weighted by molar-refractivity contribution is 0.673. The summed E-state index contributed by atoms with van der Waals surface area (Å²) in [5.41, 5.74) is 10.1.